The molecule has 5 heteroatoms. The molecule has 0 spiro atoms. The summed E-state index contributed by atoms with van der Waals surface area (Å²) in [6, 6.07) is 10.7. The van der Waals surface area contributed by atoms with Gasteiger partial charge in [0.15, 0.2) is 5.75 Å². The van der Waals surface area contributed by atoms with Gasteiger partial charge in [0.25, 0.3) is 0 Å². The number of esters is 1. The Morgan fingerprint density at radius 3 is 2.55 bits per heavy atom. The van der Waals surface area contributed by atoms with Crippen LogP contribution in [0.25, 0.3) is 0 Å². The van der Waals surface area contributed by atoms with Gasteiger partial charge in [-0.3, -0.25) is 4.79 Å². The van der Waals surface area contributed by atoms with Crippen LogP contribution in [0.15, 0.2) is 49.1 Å². The molecule has 114 valence electrons. The van der Waals surface area contributed by atoms with Crippen LogP contribution in [0.3, 0.4) is 0 Å². The van der Waals surface area contributed by atoms with Crippen LogP contribution in [0.2, 0.25) is 10.0 Å². The average molecular weight is 336 g/mol. The molecule has 0 radical (unpaired) electrons. The zero-order chi connectivity index (χ0) is 16.1. The van der Waals surface area contributed by atoms with Crippen molar-refractivity contribution in [2.24, 2.45) is 0 Å². The van der Waals surface area contributed by atoms with Crippen molar-refractivity contribution in [3.8, 4) is 5.75 Å². The number of halogens is 2. The van der Waals surface area contributed by atoms with Gasteiger partial charge >= 0.3 is 5.97 Å². The van der Waals surface area contributed by atoms with Crippen molar-refractivity contribution in [1.29, 1.82) is 0 Å². The van der Waals surface area contributed by atoms with Gasteiger partial charge in [-0.2, -0.15) is 0 Å². The number of nitrogens with one attached hydrogen (secondary N) is 1. The van der Waals surface area contributed by atoms with Crippen LogP contribution in [0.1, 0.15) is 12.5 Å². The largest absolute Gasteiger partial charge is 0.424 e. The number of carbonyl (C=O) groups excluding carboxylic acids is 1. The van der Waals surface area contributed by atoms with E-state index in [4.69, 9.17) is 27.9 Å². The van der Waals surface area contributed by atoms with E-state index in [0.29, 0.717) is 33.6 Å². The van der Waals surface area contributed by atoms with Gasteiger partial charge < -0.3 is 10.1 Å². The standard InChI is InChI=1S/C17H15Cl2NO2/c1-3-5-12-8-9-16(22-11(2)21)15(10-12)20-17-13(18)6-4-7-14(17)19/h3-4,6-10,20H,1,5H2,2H3. The predicted molar refractivity (Wildman–Crippen MR) is 91.4 cm³/mol. The summed E-state index contributed by atoms with van der Waals surface area (Å²) in [5, 5.41) is 4.10. The van der Waals surface area contributed by atoms with Gasteiger partial charge in [0.1, 0.15) is 0 Å². The van der Waals surface area contributed by atoms with Crippen molar-refractivity contribution in [3.05, 3.63) is 64.7 Å². The number of anilines is 2. The number of allylic oxidation sites excluding steroid dienone is 1. The SMILES string of the molecule is C=CCc1ccc(OC(C)=O)c(Nc2c(Cl)cccc2Cl)c1. The predicted octanol–water partition coefficient (Wildman–Crippen LogP) is 5.39. The van der Waals surface area contributed by atoms with Crippen molar-refractivity contribution >= 4 is 40.5 Å². The molecule has 0 heterocycles. The second kappa shape index (κ2) is 7.34. The summed E-state index contributed by atoms with van der Waals surface area (Å²) in [5.74, 6) is 0.0149. The summed E-state index contributed by atoms with van der Waals surface area (Å²) < 4.78 is 5.22. The lowest BCUT2D eigenvalue weighted by molar-refractivity contribution is -0.131. The Bertz CT molecular complexity index is 694. The molecular weight excluding hydrogens is 321 g/mol. The molecule has 0 saturated carbocycles. The van der Waals surface area contributed by atoms with Gasteiger partial charge in [-0.15, -0.1) is 6.58 Å². The van der Waals surface area contributed by atoms with E-state index in [9.17, 15) is 4.79 Å². The molecule has 0 aliphatic rings. The molecule has 2 aromatic rings. The van der Waals surface area contributed by atoms with Gasteiger partial charge in [-0.05, 0) is 36.2 Å². The lowest BCUT2D eigenvalue weighted by Gasteiger charge is -2.15. The zero-order valence-corrected chi connectivity index (χ0v) is 13.5. The molecule has 0 aliphatic carbocycles. The molecule has 2 rings (SSSR count). The normalized spacial score (nSPS) is 10.1. The van der Waals surface area contributed by atoms with Crippen LogP contribution >= 0.6 is 23.2 Å². The van der Waals surface area contributed by atoms with E-state index in [1.54, 1.807) is 30.3 Å². The number of carbonyl (C=O) groups is 1. The van der Waals surface area contributed by atoms with Crippen LogP contribution in [-0.4, -0.2) is 5.97 Å². The first kappa shape index (κ1) is 16.4. The van der Waals surface area contributed by atoms with Crippen molar-refractivity contribution < 1.29 is 9.53 Å². The molecule has 2 aromatic carbocycles. The van der Waals surface area contributed by atoms with Crippen LogP contribution in [0.4, 0.5) is 11.4 Å². The van der Waals surface area contributed by atoms with E-state index in [0.717, 1.165) is 5.56 Å². The zero-order valence-electron chi connectivity index (χ0n) is 12.0. The Morgan fingerprint density at radius 1 is 1.27 bits per heavy atom. The van der Waals surface area contributed by atoms with Gasteiger partial charge in [-0.1, -0.05) is 41.4 Å². The molecule has 0 bridgehead atoms. The first-order valence-corrected chi connectivity index (χ1v) is 7.40. The number of ether oxygens (including phenoxy) is 1. The van der Waals surface area contributed by atoms with E-state index < -0.39 is 5.97 Å². The Hall–Kier alpha value is -1.97. The fraction of sp³-hybridized carbons (Fsp3) is 0.118. The van der Waals surface area contributed by atoms with Crippen molar-refractivity contribution in [2.45, 2.75) is 13.3 Å². The van der Waals surface area contributed by atoms with E-state index in [2.05, 4.69) is 11.9 Å². The monoisotopic (exact) mass is 335 g/mol. The van der Waals surface area contributed by atoms with Crippen molar-refractivity contribution in [2.75, 3.05) is 5.32 Å². The number of hydrogen-bond donors (Lipinski definition) is 1. The van der Waals surface area contributed by atoms with E-state index >= 15 is 0 Å². The summed E-state index contributed by atoms with van der Waals surface area (Å²) in [7, 11) is 0. The Kier molecular flexibility index (Phi) is 5.47. The van der Waals surface area contributed by atoms with Crippen LogP contribution in [-0.2, 0) is 11.2 Å². The quantitative estimate of drug-likeness (QED) is 0.452. The number of hydrogen-bond acceptors (Lipinski definition) is 3. The Balaban J connectivity index is 2.43. The maximum absolute atomic E-state index is 11.2. The van der Waals surface area contributed by atoms with Crippen LogP contribution in [0, 0.1) is 0 Å². The fourth-order valence-corrected chi connectivity index (χ4v) is 2.46. The molecule has 0 atom stereocenters. The third kappa shape index (κ3) is 4.03. The van der Waals surface area contributed by atoms with Gasteiger partial charge in [0.05, 0.1) is 21.4 Å². The lowest BCUT2D eigenvalue weighted by atomic mass is 10.1. The topological polar surface area (TPSA) is 38.3 Å². The molecule has 0 aromatic heterocycles. The highest BCUT2D eigenvalue weighted by Crippen LogP contribution is 2.36. The number of para-hydroxylation sites is 1. The first-order chi connectivity index (χ1) is 10.5. The lowest BCUT2D eigenvalue weighted by Crippen LogP contribution is -2.05. The van der Waals surface area contributed by atoms with Crippen molar-refractivity contribution in [3.63, 3.8) is 0 Å². The highest BCUT2D eigenvalue weighted by atomic mass is 35.5. The molecule has 0 aliphatic heterocycles. The highest BCUT2D eigenvalue weighted by Gasteiger charge is 2.11. The van der Waals surface area contributed by atoms with Crippen molar-refractivity contribution in [1.82, 2.24) is 0 Å². The minimum atomic E-state index is -0.398. The van der Waals surface area contributed by atoms with E-state index in [1.165, 1.54) is 6.92 Å². The molecular formula is C17H15Cl2NO2. The average Bonchev–Trinajstić information content (AvgIpc) is 2.45. The van der Waals surface area contributed by atoms with Gasteiger partial charge in [-0.25, -0.2) is 0 Å². The second-order valence-corrected chi connectivity index (χ2v) is 5.45. The third-order valence-electron chi connectivity index (χ3n) is 2.90. The summed E-state index contributed by atoms with van der Waals surface area (Å²) in [6.45, 7) is 5.07. The minimum absolute atomic E-state index is 0.398. The highest BCUT2D eigenvalue weighted by molar-refractivity contribution is 6.39. The maximum Gasteiger partial charge on any atom is 0.308 e. The molecule has 0 saturated heterocycles. The Labute approximate surface area is 139 Å². The van der Waals surface area contributed by atoms with Crippen LogP contribution in [0.5, 0.6) is 5.75 Å². The van der Waals surface area contributed by atoms with Gasteiger partial charge in [0, 0.05) is 6.92 Å². The molecule has 0 fully saturated rings. The smallest absolute Gasteiger partial charge is 0.308 e. The third-order valence-corrected chi connectivity index (χ3v) is 3.53. The summed E-state index contributed by atoms with van der Waals surface area (Å²) >= 11 is 12.3. The second-order valence-electron chi connectivity index (χ2n) is 4.64. The maximum atomic E-state index is 11.2. The fourth-order valence-electron chi connectivity index (χ4n) is 1.96. The van der Waals surface area contributed by atoms with E-state index in [1.807, 2.05) is 12.1 Å². The molecule has 22 heavy (non-hydrogen) atoms. The molecule has 3 nitrogen and oxygen atoms in total. The Morgan fingerprint density at radius 2 is 1.95 bits per heavy atom. The minimum Gasteiger partial charge on any atom is -0.424 e. The summed E-state index contributed by atoms with van der Waals surface area (Å²) in [5.41, 5.74) is 2.20. The first-order valence-electron chi connectivity index (χ1n) is 6.64. The van der Waals surface area contributed by atoms with Gasteiger partial charge in [0.2, 0.25) is 0 Å². The number of benzene rings is 2. The summed E-state index contributed by atoms with van der Waals surface area (Å²) in [6.07, 6.45) is 2.50. The summed E-state index contributed by atoms with van der Waals surface area (Å²) in [4.78, 5) is 11.2. The molecule has 1 N–H and O–H groups in total. The number of rotatable bonds is 5. The van der Waals surface area contributed by atoms with Crippen LogP contribution < -0.4 is 10.1 Å². The molecule has 0 unspecified atom stereocenters. The van der Waals surface area contributed by atoms with E-state index in [-0.39, 0.29) is 0 Å². The molecule has 0 amide bonds.